The van der Waals surface area contributed by atoms with Crippen molar-refractivity contribution in [3.63, 3.8) is 0 Å². The summed E-state index contributed by atoms with van der Waals surface area (Å²) in [6.45, 7) is 1.43. The number of rotatable bonds is 6. The van der Waals surface area contributed by atoms with Gasteiger partial charge in [0, 0.05) is 27.9 Å². The number of anilines is 1. The molecule has 0 unspecified atom stereocenters. The van der Waals surface area contributed by atoms with Gasteiger partial charge in [-0.2, -0.15) is 18.2 Å². The van der Waals surface area contributed by atoms with E-state index in [0.29, 0.717) is 16.9 Å². The minimum absolute atomic E-state index is 0.158. The summed E-state index contributed by atoms with van der Waals surface area (Å²) >= 11 is 1.56. The molecule has 1 amide bonds. The predicted octanol–water partition coefficient (Wildman–Crippen LogP) is 5.21. The Labute approximate surface area is 175 Å². The zero-order chi connectivity index (χ0) is 21.7. The van der Waals surface area contributed by atoms with Crippen molar-refractivity contribution >= 4 is 23.4 Å². The summed E-state index contributed by atoms with van der Waals surface area (Å²) < 4.78 is 43.7. The SMILES string of the molecule is CSc1cccc(NC(=O)COc2cc(C)nc(-c3ccc(C(F)(F)F)cc3)n2)c1. The average molecular weight is 433 g/mol. The number of nitrogens with zero attached hydrogens (tertiary/aromatic N) is 2. The smallest absolute Gasteiger partial charge is 0.416 e. The second kappa shape index (κ2) is 9.17. The van der Waals surface area contributed by atoms with Crippen LogP contribution in [0.2, 0.25) is 0 Å². The van der Waals surface area contributed by atoms with E-state index >= 15 is 0 Å². The molecule has 5 nitrogen and oxygen atoms in total. The van der Waals surface area contributed by atoms with Crippen molar-refractivity contribution in [2.24, 2.45) is 0 Å². The van der Waals surface area contributed by atoms with Gasteiger partial charge in [0.1, 0.15) is 0 Å². The van der Waals surface area contributed by atoms with E-state index in [4.69, 9.17) is 4.74 Å². The average Bonchev–Trinajstić information content (AvgIpc) is 2.71. The van der Waals surface area contributed by atoms with Gasteiger partial charge in [-0.15, -0.1) is 11.8 Å². The lowest BCUT2D eigenvalue weighted by atomic mass is 10.1. The highest BCUT2D eigenvalue weighted by molar-refractivity contribution is 7.98. The van der Waals surface area contributed by atoms with Crippen LogP contribution in [0.4, 0.5) is 18.9 Å². The number of nitrogens with one attached hydrogen (secondary N) is 1. The van der Waals surface area contributed by atoms with Crippen molar-refractivity contribution in [1.82, 2.24) is 9.97 Å². The van der Waals surface area contributed by atoms with Crippen LogP contribution in [0.25, 0.3) is 11.4 Å². The maximum absolute atomic E-state index is 12.7. The van der Waals surface area contributed by atoms with E-state index in [9.17, 15) is 18.0 Å². The second-order valence-electron chi connectivity index (χ2n) is 6.32. The minimum atomic E-state index is -4.41. The molecule has 2 aromatic carbocycles. The summed E-state index contributed by atoms with van der Waals surface area (Å²) in [5.74, 6) is 0.0119. The molecule has 0 saturated heterocycles. The summed E-state index contributed by atoms with van der Waals surface area (Å²) in [6, 6.07) is 13.5. The van der Waals surface area contributed by atoms with Crippen LogP contribution in [0.5, 0.6) is 5.88 Å². The zero-order valence-corrected chi connectivity index (χ0v) is 17.0. The Kier molecular flexibility index (Phi) is 6.61. The molecule has 3 rings (SSSR count). The number of aryl methyl sites for hydroxylation is 1. The number of halogens is 3. The van der Waals surface area contributed by atoms with Gasteiger partial charge in [-0.05, 0) is 43.5 Å². The fourth-order valence-electron chi connectivity index (χ4n) is 2.59. The van der Waals surface area contributed by atoms with Crippen molar-refractivity contribution in [2.45, 2.75) is 18.0 Å². The quantitative estimate of drug-likeness (QED) is 0.541. The van der Waals surface area contributed by atoms with Crippen molar-refractivity contribution in [1.29, 1.82) is 0 Å². The van der Waals surface area contributed by atoms with Crippen molar-refractivity contribution in [3.05, 3.63) is 65.9 Å². The molecule has 30 heavy (non-hydrogen) atoms. The molecular weight excluding hydrogens is 415 g/mol. The minimum Gasteiger partial charge on any atom is -0.467 e. The number of carbonyl (C=O) groups excluding carboxylic acids is 1. The first kappa shape index (κ1) is 21.6. The Hall–Kier alpha value is -3.07. The zero-order valence-electron chi connectivity index (χ0n) is 16.2. The molecule has 0 aliphatic carbocycles. The van der Waals surface area contributed by atoms with Gasteiger partial charge in [-0.25, -0.2) is 4.98 Å². The topological polar surface area (TPSA) is 64.1 Å². The highest BCUT2D eigenvalue weighted by Crippen LogP contribution is 2.30. The van der Waals surface area contributed by atoms with Gasteiger partial charge in [0.15, 0.2) is 12.4 Å². The number of aromatic nitrogens is 2. The number of hydrogen-bond acceptors (Lipinski definition) is 5. The Morgan fingerprint density at radius 3 is 2.50 bits per heavy atom. The lowest BCUT2D eigenvalue weighted by Crippen LogP contribution is -2.20. The van der Waals surface area contributed by atoms with Crippen molar-refractivity contribution in [2.75, 3.05) is 18.2 Å². The number of amides is 1. The highest BCUT2D eigenvalue weighted by Gasteiger charge is 2.30. The third kappa shape index (κ3) is 5.73. The number of carbonyl (C=O) groups is 1. The Balaban J connectivity index is 1.68. The number of thioether (sulfide) groups is 1. The van der Waals surface area contributed by atoms with Gasteiger partial charge in [0.2, 0.25) is 5.88 Å². The molecule has 3 aromatic rings. The lowest BCUT2D eigenvalue weighted by molar-refractivity contribution is -0.137. The fraction of sp³-hybridized carbons (Fsp3) is 0.190. The third-order valence-electron chi connectivity index (χ3n) is 4.01. The molecule has 1 aromatic heterocycles. The normalized spacial score (nSPS) is 11.2. The van der Waals surface area contributed by atoms with Gasteiger partial charge < -0.3 is 10.1 Å². The molecule has 0 saturated carbocycles. The third-order valence-corrected chi connectivity index (χ3v) is 4.73. The molecule has 156 valence electrons. The van der Waals surface area contributed by atoms with Crippen LogP contribution in [0.15, 0.2) is 59.5 Å². The largest absolute Gasteiger partial charge is 0.467 e. The maximum atomic E-state index is 12.7. The summed E-state index contributed by atoms with van der Waals surface area (Å²) in [4.78, 5) is 21.6. The Morgan fingerprint density at radius 1 is 1.10 bits per heavy atom. The van der Waals surface area contributed by atoms with Crippen LogP contribution in [0.3, 0.4) is 0 Å². The van der Waals surface area contributed by atoms with E-state index in [1.54, 1.807) is 30.8 Å². The molecule has 0 atom stereocenters. The molecule has 0 radical (unpaired) electrons. The van der Waals surface area contributed by atoms with Crippen LogP contribution in [-0.4, -0.2) is 28.7 Å². The first-order valence-electron chi connectivity index (χ1n) is 8.84. The summed E-state index contributed by atoms with van der Waals surface area (Å²) in [5.41, 5.74) is 0.871. The van der Waals surface area contributed by atoms with E-state index in [1.807, 2.05) is 24.5 Å². The van der Waals surface area contributed by atoms with Crippen molar-refractivity contribution in [3.8, 4) is 17.3 Å². The molecule has 0 aliphatic rings. The predicted molar refractivity (Wildman–Crippen MR) is 110 cm³/mol. The highest BCUT2D eigenvalue weighted by atomic mass is 32.2. The van der Waals surface area contributed by atoms with E-state index in [-0.39, 0.29) is 24.2 Å². The molecule has 0 aliphatic heterocycles. The number of ether oxygens (including phenoxy) is 1. The van der Waals surface area contributed by atoms with Gasteiger partial charge in [0.05, 0.1) is 5.56 Å². The van der Waals surface area contributed by atoms with Crippen LogP contribution in [0, 0.1) is 6.92 Å². The first-order valence-corrected chi connectivity index (χ1v) is 10.1. The number of benzene rings is 2. The van der Waals surface area contributed by atoms with Gasteiger partial charge in [-0.1, -0.05) is 18.2 Å². The Morgan fingerprint density at radius 2 is 1.83 bits per heavy atom. The molecule has 0 fully saturated rings. The van der Waals surface area contributed by atoms with E-state index < -0.39 is 11.7 Å². The molecular formula is C21H18F3N3O2S. The van der Waals surface area contributed by atoms with Crippen molar-refractivity contribution < 1.29 is 22.7 Å². The molecule has 0 bridgehead atoms. The monoisotopic (exact) mass is 433 g/mol. The summed E-state index contributed by atoms with van der Waals surface area (Å²) in [6.07, 6.45) is -2.47. The number of alkyl halides is 3. The number of hydrogen-bond donors (Lipinski definition) is 1. The van der Waals surface area contributed by atoms with Crippen LogP contribution in [-0.2, 0) is 11.0 Å². The first-order chi connectivity index (χ1) is 14.2. The molecule has 1 N–H and O–H groups in total. The van der Waals surface area contributed by atoms with Crippen LogP contribution >= 0.6 is 11.8 Å². The molecule has 0 spiro atoms. The lowest BCUT2D eigenvalue weighted by Gasteiger charge is -2.10. The molecule has 1 heterocycles. The van der Waals surface area contributed by atoms with E-state index in [2.05, 4.69) is 15.3 Å². The summed E-state index contributed by atoms with van der Waals surface area (Å²) in [5, 5.41) is 2.74. The van der Waals surface area contributed by atoms with E-state index in [0.717, 1.165) is 17.0 Å². The Bertz CT molecular complexity index is 1040. The summed E-state index contributed by atoms with van der Waals surface area (Å²) in [7, 11) is 0. The van der Waals surface area contributed by atoms with Crippen LogP contribution < -0.4 is 10.1 Å². The molecule has 9 heteroatoms. The van der Waals surface area contributed by atoms with Gasteiger partial charge in [-0.3, -0.25) is 4.79 Å². The van der Waals surface area contributed by atoms with E-state index in [1.165, 1.54) is 12.1 Å². The second-order valence-corrected chi connectivity index (χ2v) is 7.19. The van der Waals surface area contributed by atoms with Gasteiger partial charge >= 0.3 is 6.18 Å². The fourth-order valence-corrected chi connectivity index (χ4v) is 3.05. The van der Waals surface area contributed by atoms with Crippen LogP contribution in [0.1, 0.15) is 11.3 Å². The standard InChI is InChI=1S/C21H18F3N3O2S/c1-13-10-19(29-12-18(28)26-16-4-3-5-17(11-16)30-2)27-20(25-13)14-6-8-15(9-7-14)21(22,23)24/h3-11H,12H2,1-2H3,(H,26,28). The van der Waals surface area contributed by atoms with Gasteiger partial charge in [0.25, 0.3) is 5.91 Å². The maximum Gasteiger partial charge on any atom is 0.416 e.